The number of carbonyl (C=O) groups excluding carboxylic acids is 1. The van der Waals surface area contributed by atoms with Gasteiger partial charge in [0.15, 0.2) is 5.13 Å². The number of amides is 1. The summed E-state index contributed by atoms with van der Waals surface area (Å²) in [4.78, 5) is 19.7. The molecule has 0 aliphatic carbocycles. The molecule has 0 saturated heterocycles. The first-order chi connectivity index (χ1) is 8.13. The van der Waals surface area contributed by atoms with Gasteiger partial charge in [-0.2, -0.15) is 0 Å². The smallest absolute Gasteiger partial charge is 0.231 e. The molecule has 7 heteroatoms. The Morgan fingerprint density at radius 3 is 2.94 bits per heavy atom. The molecule has 0 aliphatic heterocycles. The van der Waals surface area contributed by atoms with Crippen molar-refractivity contribution in [1.82, 2.24) is 9.97 Å². The quantitative estimate of drug-likeness (QED) is 0.909. The summed E-state index contributed by atoms with van der Waals surface area (Å²) in [5, 5.41) is 4.91. The standard InChI is InChI=1S/C10H9BrN4OS/c11-6-1-2-8(13-4-6)15-9(16)3-7-5-17-10(12)14-7/h1-2,4-5H,3H2,(H2,12,14)(H,13,15,16). The Bertz CT molecular complexity index is 525. The van der Waals surface area contributed by atoms with Gasteiger partial charge in [0.1, 0.15) is 5.82 Å². The summed E-state index contributed by atoms with van der Waals surface area (Å²) in [6.07, 6.45) is 1.82. The highest BCUT2D eigenvalue weighted by Crippen LogP contribution is 2.13. The molecule has 0 saturated carbocycles. The summed E-state index contributed by atoms with van der Waals surface area (Å²) in [6, 6.07) is 3.53. The molecular weight excluding hydrogens is 304 g/mol. The molecule has 2 aromatic heterocycles. The van der Waals surface area contributed by atoms with Crippen LogP contribution in [0.3, 0.4) is 0 Å². The van der Waals surface area contributed by atoms with Gasteiger partial charge in [-0.05, 0) is 28.1 Å². The summed E-state index contributed by atoms with van der Waals surface area (Å²) < 4.78 is 0.864. The molecule has 0 unspecified atom stereocenters. The number of rotatable bonds is 3. The molecule has 0 fully saturated rings. The molecule has 2 rings (SSSR count). The second-order valence-corrected chi connectivity index (χ2v) is 5.07. The highest BCUT2D eigenvalue weighted by atomic mass is 79.9. The summed E-state index contributed by atoms with van der Waals surface area (Å²) in [5.74, 6) is 0.353. The van der Waals surface area contributed by atoms with Crippen molar-refractivity contribution >= 4 is 44.1 Å². The normalized spacial score (nSPS) is 10.2. The zero-order chi connectivity index (χ0) is 12.3. The molecule has 0 radical (unpaired) electrons. The van der Waals surface area contributed by atoms with E-state index in [1.165, 1.54) is 11.3 Å². The SMILES string of the molecule is Nc1nc(CC(=O)Nc2ccc(Br)cn2)cs1. The minimum absolute atomic E-state index is 0.162. The number of nitrogens with one attached hydrogen (secondary N) is 1. The maximum absolute atomic E-state index is 11.6. The van der Waals surface area contributed by atoms with Crippen molar-refractivity contribution in [3.63, 3.8) is 0 Å². The number of nitrogens with zero attached hydrogens (tertiary/aromatic N) is 2. The predicted octanol–water partition coefficient (Wildman–Crippen LogP) is 2.06. The lowest BCUT2D eigenvalue weighted by Crippen LogP contribution is -2.15. The fourth-order valence-electron chi connectivity index (χ4n) is 1.21. The van der Waals surface area contributed by atoms with Gasteiger partial charge in [0.25, 0.3) is 0 Å². The van der Waals surface area contributed by atoms with E-state index in [0.717, 1.165) is 4.47 Å². The lowest BCUT2D eigenvalue weighted by Gasteiger charge is -2.02. The van der Waals surface area contributed by atoms with E-state index in [2.05, 4.69) is 31.2 Å². The average molecular weight is 313 g/mol. The molecule has 17 heavy (non-hydrogen) atoms. The molecule has 0 bridgehead atoms. The second kappa shape index (κ2) is 5.24. The zero-order valence-electron chi connectivity index (χ0n) is 8.68. The van der Waals surface area contributed by atoms with Crippen LogP contribution in [-0.2, 0) is 11.2 Å². The molecule has 0 atom stereocenters. The molecule has 1 amide bonds. The van der Waals surface area contributed by atoms with E-state index in [0.29, 0.717) is 16.6 Å². The molecule has 2 aromatic rings. The van der Waals surface area contributed by atoms with Crippen molar-refractivity contribution in [3.05, 3.63) is 33.9 Å². The van der Waals surface area contributed by atoms with Gasteiger partial charge < -0.3 is 11.1 Å². The van der Waals surface area contributed by atoms with Crippen LogP contribution in [0.1, 0.15) is 5.69 Å². The van der Waals surface area contributed by atoms with Crippen LogP contribution in [0.25, 0.3) is 0 Å². The first-order valence-corrected chi connectivity index (χ1v) is 6.42. The van der Waals surface area contributed by atoms with Gasteiger partial charge in [0.05, 0.1) is 12.1 Å². The molecule has 2 heterocycles. The van der Waals surface area contributed by atoms with Crippen molar-refractivity contribution in [2.24, 2.45) is 0 Å². The Hall–Kier alpha value is -1.47. The number of aromatic nitrogens is 2. The van der Waals surface area contributed by atoms with E-state index in [1.54, 1.807) is 17.6 Å². The topological polar surface area (TPSA) is 80.9 Å². The number of anilines is 2. The molecule has 0 aliphatic rings. The third-order valence-electron chi connectivity index (χ3n) is 1.91. The Morgan fingerprint density at radius 2 is 2.35 bits per heavy atom. The molecule has 88 valence electrons. The predicted molar refractivity (Wildman–Crippen MR) is 70.8 cm³/mol. The third kappa shape index (κ3) is 3.50. The Labute approximate surface area is 110 Å². The maximum Gasteiger partial charge on any atom is 0.231 e. The molecule has 5 nitrogen and oxygen atoms in total. The van der Waals surface area contributed by atoms with Crippen LogP contribution >= 0.6 is 27.3 Å². The summed E-state index contributed by atoms with van der Waals surface area (Å²) in [7, 11) is 0. The number of halogens is 1. The highest BCUT2D eigenvalue weighted by molar-refractivity contribution is 9.10. The van der Waals surface area contributed by atoms with Gasteiger partial charge in [-0.25, -0.2) is 9.97 Å². The van der Waals surface area contributed by atoms with Crippen molar-refractivity contribution in [2.45, 2.75) is 6.42 Å². The Morgan fingerprint density at radius 1 is 1.53 bits per heavy atom. The van der Waals surface area contributed by atoms with Crippen molar-refractivity contribution in [2.75, 3.05) is 11.1 Å². The van der Waals surface area contributed by atoms with E-state index >= 15 is 0 Å². The van der Waals surface area contributed by atoms with Crippen molar-refractivity contribution in [3.8, 4) is 0 Å². The number of nitrogens with two attached hydrogens (primary N) is 1. The lowest BCUT2D eigenvalue weighted by molar-refractivity contribution is -0.115. The van der Waals surface area contributed by atoms with Gasteiger partial charge in [0, 0.05) is 16.0 Å². The summed E-state index contributed by atoms with van der Waals surface area (Å²) >= 11 is 4.59. The minimum Gasteiger partial charge on any atom is -0.375 e. The third-order valence-corrected chi connectivity index (χ3v) is 3.10. The van der Waals surface area contributed by atoms with Crippen LogP contribution in [0, 0.1) is 0 Å². The molecule has 0 aromatic carbocycles. The van der Waals surface area contributed by atoms with E-state index in [1.807, 2.05) is 6.07 Å². The number of nitrogen functional groups attached to an aromatic ring is 1. The fourth-order valence-corrected chi connectivity index (χ4v) is 2.00. The van der Waals surface area contributed by atoms with Gasteiger partial charge in [-0.1, -0.05) is 0 Å². The number of carbonyl (C=O) groups is 1. The van der Waals surface area contributed by atoms with Crippen LogP contribution in [0.5, 0.6) is 0 Å². The minimum atomic E-state index is -0.162. The van der Waals surface area contributed by atoms with Gasteiger partial charge >= 0.3 is 0 Å². The van der Waals surface area contributed by atoms with E-state index in [9.17, 15) is 4.79 Å². The number of hydrogen-bond acceptors (Lipinski definition) is 5. The Balaban J connectivity index is 1.95. The maximum atomic E-state index is 11.6. The first kappa shape index (κ1) is 12.0. The second-order valence-electron chi connectivity index (χ2n) is 3.26. The fraction of sp³-hybridized carbons (Fsp3) is 0.100. The number of thiazole rings is 1. The van der Waals surface area contributed by atoms with Gasteiger partial charge in [0.2, 0.25) is 5.91 Å². The zero-order valence-corrected chi connectivity index (χ0v) is 11.1. The van der Waals surface area contributed by atoms with Crippen LogP contribution in [0.15, 0.2) is 28.2 Å². The van der Waals surface area contributed by atoms with Crippen molar-refractivity contribution < 1.29 is 4.79 Å². The molecule has 3 N–H and O–H groups in total. The van der Waals surface area contributed by atoms with E-state index in [4.69, 9.17) is 5.73 Å². The lowest BCUT2D eigenvalue weighted by atomic mass is 10.3. The van der Waals surface area contributed by atoms with Gasteiger partial charge in [-0.15, -0.1) is 11.3 Å². The number of hydrogen-bond donors (Lipinski definition) is 2. The van der Waals surface area contributed by atoms with Crippen LogP contribution < -0.4 is 11.1 Å². The van der Waals surface area contributed by atoms with Crippen LogP contribution in [0.2, 0.25) is 0 Å². The van der Waals surface area contributed by atoms with Crippen molar-refractivity contribution in [1.29, 1.82) is 0 Å². The largest absolute Gasteiger partial charge is 0.375 e. The van der Waals surface area contributed by atoms with Gasteiger partial charge in [-0.3, -0.25) is 4.79 Å². The average Bonchev–Trinajstić information content (AvgIpc) is 2.67. The summed E-state index contributed by atoms with van der Waals surface area (Å²) in [6.45, 7) is 0. The highest BCUT2D eigenvalue weighted by Gasteiger charge is 2.07. The van der Waals surface area contributed by atoms with E-state index in [-0.39, 0.29) is 12.3 Å². The van der Waals surface area contributed by atoms with Crippen LogP contribution in [-0.4, -0.2) is 15.9 Å². The summed E-state index contributed by atoms with van der Waals surface area (Å²) in [5.41, 5.74) is 6.15. The molecular formula is C10H9BrN4OS. The molecule has 0 spiro atoms. The Kier molecular flexibility index (Phi) is 3.70. The first-order valence-electron chi connectivity index (χ1n) is 4.75. The van der Waals surface area contributed by atoms with E-state index < -0.39 is 0 Å². The monoisotopic (exact) mass is 312 g/mol. The van der Waals surface area contributed by atoms with Crippen LogP contribution in [0.4, 0.5) is 10.9 Å². The number of pyridine rings is 1.